The van der Waals surface area contributed by atoms with E-state index in [2.05, 4.69) is 15.6 Å². The molecule has 0 aliphatic carbocycles. The highest BCUT2D eigenvalue weighted by molar-refractivity contribution is 5.92. The molecule has 3 aromatic rings. The first-order chi connectivity index (χ1) is 15.8. The number of aromatic amines is 1. The topological polar surface area (TPSA) is 158 Å². The molecule has 0 radical (unpaired) electrons. The zero-order chi connectivity index (χ0) is 24.0. The molecule has 0 spiro atoms. The standard InChI is InChI=1S/C24H28N4O5/c1-14(29)21(24(32)33)28-23(31)20(11-15-7-3-2-4-8-15)27-22(30)18(25)12-16-13-26-19-10-6-5-9-17(16)19/h2-10,13-14,18,20-21,26,29H,11-12,25H2,1H3,(H,27,30)(H,28,31)(H,32,33)/t14-,18+,20+,21+/m1/s1. The number of H-pyrrole nitrogens is 1. The first kappa shape index (κ1) is 24.0. The number of benzene rings is 2. The first-order valence-corrected chi connectivity index (χ1v) is 10.6. The molecule has 7 N–H and O–H groups in total. The van der Waals surface area contributed by atoms with Gasteiger partial charge in [-0.15, -0.1) is 0 Å². The van der Waals surface area contributed by atoms with Crippen LogP contribution in [0.5, 0.6) is 0 Å². The van der Waals surface area contributed by atoms with Crippen LogP contribution in [0.3, 0.4) is 0 Å². The van der Waals surface area contributed by atoms with E-state index in [1.165, 1.54) is 6.92 Å². The molecule has 0 aliphatic heterocycles. The molecule has 1 heterocycles. The normalized spacial score (nSPS) is 14.8. The number of aromatic nitrogens is 1. The molecule has 2 amide bonds. The lowest BCUT2D eigenvalue weighted by atomic mass is 10.0. The molecule has 4 atom stereocenters. The Hall–Kier alpha value is -3.69. The number of hydrogen-bond donors (Lipinski definition) is 6. The highest BCUT2D eigenvalue weighted by Gasteiger charge is 2.30. The number of rotatable bonds is 10. The van der Waals surface area contributed by atoms with Crippen molar-refractivity contribution >= 4 is 28.7 Å². The second kappa shape index (κ2) is 10.8. The summed E-state index contributed by atoms with van der Waals surface area (Å²) in [5, 5.41) is 24.9. The number of carboxylic acids is 1. The summed E-state index contributed by atoms with van der Waals surface area (Å²) in [7, 11) is 0. The lowest BCUT2D eigenvalue weighted by Crippen LogP contribution is -2.57. The van der Waals surface area contributed by atoms with E-state index in [9.17, 15) is 24.6 Å². The molecule has 0 unspecified atom stereocenters. The number of carboxylic acid groups (broad SMARTS) is 1. The van der Waals surface area contributed by atoms with Gasteiger partial charge in [0.2, 0.25) is 11.8 Å². The Bertz CT molecular complexity index is 1110. The molecule has 9 nitrogen and oxygen atoms in total. The van der Waals surface area contributed by atoms with Crippen molar-refractivity contribution in [2.24, 2.45) is 5.73 Å². The van der Waals surface area contributed by atoms with Gasteiger partial charge < -0.3 is 31.6 Å². The van der Waals surface area contributed by atoms with Crippen LogP contribution in [-0.2, 0) is 27.2 Å². The third-order valence-electron chi connectivity index (χ3n) is 5.41. The zero-order valence-electron chi connectivity index (χ0n) is 18.2. The summed E-state index contributed by atoms with van der Waals surface area (Å²) >= 11 is 0. The van der Waals surface area contributed by atoms with E-state index in [4.69, 9.17) is 5.73 Å². The molecular formula is C24H28N4O5. The zero-order valence-corrected chi connectivity index (χ0v) is 18.2. The number of hydrogen-bond acceptors (Lipinski definition) is 5. The number of aliphatic hydroxyl groups is 1. The summed E-state index contributed by atoms with van der Waals surface area (Å²) in [6, 6.07) is 13.1. The van der Waals surface area contributed by atoms with Crippen LogP contribution in [0, 0.1) is 0 Å². The fourth-order valence-electron chi connectivity index (χ4n) is 3.61. The van der Waals surface area contributed by atoms with Gasteiger partial charge in [0.15, 0.2) is 6.04 Å². The predicted octanol–water partition coefficient (Wildman–Crippen LogP) is 0.715. The van der Waals surface area contributed by atoms with Crippen LogP contribution in [0.2, 0.25) is 0 Å². The van der Waals surface area contributed by atoms with E-state index in [1.807, 2.05) is 30.3 Å². The number of aliphatic hydroxyl groups excluding tert-OH is 1. The van der Waals surface area contributed by atoms with Crippen LogP contribution in [0.4, 0.5) is 0 Å². The average molecular weight is 453 g/mol. The maximum absolute atomic E-state index is 12.9. The van der Waals surface area contributed by atoms with Crippen molar-refractivity contribution in [1.82, 2.24) is 15.6 Å². The minimum Gasteiger partial charge on any atom is -0.480 e. The molecular weight excluding hydrogens is 424 g/mol. The Morgan fingerprint density at radius 3 is 2.30 bits per heavy atom. The quantitative estimate of drug-likeness (QED) is 0.266. The summed E-state index contributed by atoms with van der Waals surface area (Å²) in [6.07, 6.45) is 0.862. The lowest BCUT2D eigenvalue weighted by molar-refractivity contribution is -0.145. The van der Waals surface area contributed by atoms with Gasteiger partial charge in [-0.05, 0) is 30.5 Å². The van der Waals surface area contributed by atoms with Gasteiger partial charge in [-0.2, -0.15) is 0 Å². The molecule has 0 fully saturated rings. The fourth-order valence-corrected chi connectivity index (χ4v) is 3.61. The Balaban J connectivity index is 1.74. The van der Waals surface area contributed by atoms with E-state index in [0.29, 0.717) is 0 Å². The molecule has 0 saturated heterocycles. The summed E-state index contributed by atoms with van der Waals surface area (Å²) in [6.45, 7) is 1.26. The van der Waals surface area contributed by atoms with Gasteiger partial charge in [0.1, 0.15) is 6.04 Å². The second-order valence-electron chi connectivity index (χ2n) is 7.99. The minimum atomic E-state index is -1.51. The van der Waals surface area contributed by atoms with Crippen molar-refractivity contribution in [3.05, 3.63) is 71.9 Å². The van der Waals surface area contributed by atoms with E-state index in [-0.39, 0.29) is 12.8 Å². The summed E-state index contributed by atoms with van der Waals surface area (Å²) in [4.78, 5) is 40.3. The highest BCUT2D eigenvalue weighted by Crippen LogP contribution is 2.18. The Morgan fingerprint density at radius 1 is 0.970 bits per heavy atom. The Labute approximate surface area is 191 Å². The minimum absolute atomic E-state index is 0.129. The Kier molecular flexibility index (Phi) is 7.81. The van der Waals surface area contributed by atoms with E-state index >= 15 is 0 Å². The number of carbonyl (C=O) groups excluding carboxylic acids is 2. The van der Waals surface area contributed by atoms with Gasteiger partial charge in [-0.1, -0.05) is 48.5 Å². The van der Waals surface area contributed by atoms with Gasteiger partial charge in [-0.25, -0.2) is 4.79 Å². The third-order valence-corrected chi connectivity index (χ3v) is 5.41. The number of para-hydroxylation sites is 1. The Morgan fingerprint density at radius 2 is 1.64 bits per heavy atom. The SMILES string of the molecule is C[C@@H](O)[C@H](NC(=O)[C@H](Cc1ccccc1)NC(=O)[C@@H](N)Cc1c[nH]c2ccccc12)C(=O)O. The molecule has 1 aromatic heterocycles. The third kappa shape index (κ3) is 6.18. The van der Waals surface area contributed by atoms with Crippen molar-refractivity contribution < 1.29 is 24.6 Å². The number of carbonyl (C=O) groups is 3. The number of fused-ring (bicyclic) bond motifs is 1. The highest BCUT2D eigenvalue weighted by atomic mass is 16.4. The lowest BCUT2D eigenvalue weighted by Gasteiger charge is -2.24. The predicted molar refractivity (Wildman–Crippen MR) is 123 cm³/mol. The second-order valence-corrected chi connectivity index (χ2v) is 7.99. The fraction of sp³-hybridized carbons (Fsp3) is 0.292. The molecule has 3 rings (SSSR count). The first-order valence-electron chi connectivity index (χ1n) is 10.6. The smallest absolute Gasteiger partial charge is 0.328 e. The summed E-state index contributed by atoms with van der Waals surface area (Å²) < 4.78 is 0. The van der Waals surface area contributed by atoms with Crippen molar-refractivity contribution in [2.75, 3.05) is 0 Å². The van der Waals surface area contributed by atoms with Crippen LogP contribution >= 0.6 is 0 Å². The van der Waals surface area contributed by atoms with Crippen molar-refractivity contribution in [2.45, 2.75) is 44.0 Å². The van der Waals surface area contributed by atoms with E-state index in [0.717, 1.165) is 22.0 Å². The number of nitrogens with one attached hydrogen (secondary N) is 3. The van der Waals surface area contributed by atoms with Crippen LogP contribution in [0.25, 0.3) is 10.9 Å². The molecule has 0 saturated carbocycles. The maximum Gasteiger partial charge on any atom is 0.328 e. The number of nitrogens with two attached hydrogens (primary N) is 1. The average Bonchev–Trinajstić information content (AvgIpc) is 3.19. The van der Waals surface area contributed by atoms with E-state index in [1.54, 1.807) is 30.5 Å². The van der Waals surface area contributed by atoms with Gasteiger partial charge in [-0.3, -0.25) is 9.59 Å². The monoisotopic (exact) mass is 452 g/mol. The maximum atomic E-state index is 12.9. The molecule has 33 heavy (non-hydrogen) atoms. The van der Waals surface area contributed by atoms with Gasteiger partial charge in [0, 0.05) is 23.5 Å². The van der Waals surface area contributed by atoms with Crippen LogP contribution in [-0.4, -0.2) is 57.2 Å². The molecule has 2 aromatic carbocycles. The van der Waals surface area contributed by atoms with Gasteiger partial charge in [0.25, 0.3) is 0 Å². The number of aliphatic carboxylic acids is 1. The van der Waals surface area contributed by atoms with Crippen molar-refractivity contribution in [3.63, 3.8) is 0 Å². The van der Waals surface area contributed by atoms with Crippen molar-refractivity contribution in [1.29, 1.82) is 0 Å². The summed E-state index contributed by atoms with van der Waals surface area (Å²) in [5.74, 6) is -2.64. The van der Waals surface area contributed by atoms with Crippen LogP contribution < -0.4 is 16.4 Å². The van der Waals surface area contributed by atoms with E-state index < -0.39 is 42.0 Å². The molecule has 0 aliphatic rings. The van der Waals surface area contributed by atoms with Crippen molar-refractivity contribution in [3.8, 4) is 0 Å². The van der Waals surface area contributed by atoms with Crippen LogP contribution in [0.1, 0.15) is 18.1 Å². The van der Waals surface area contributed by atoms with Gasteiger partial charge >= 0.3 is 5.97 Å². The molecule has 0 bridgehead atoms. The molecule has 9 heteroatoms. The molecule has 174 valence electrons. The summed E-state index contributed by atoms with van der Waals surface area (Å²) in [5.41, 5.74) is 8.72. The van der Waals surface area contributed by atoms with Crippen LogP contribution in [0.15, 0.2) is 60.8 Å². The van der Waals surface area contributed by atoms with Gasteiger partial charge in [0.05, 0.1) is 12.1 Å². The number of amides is 2. The largest absolute Gasteiger partial charge is 0.480 e.